The monoisotopic (exact) mass is 327 g/mol. The summed E-state index contributed by atoms with van der Waals surface area (Å²) in [5.41, 5.74) is 2.17. The molecule has 0 aromatic carbocycles. The van der Waals surface area contributed by atoms with Crippen molar-refractivity contribution in [2.45, 2.75) is 32.7 Å². The highest BCUT2D eigenvalue weighted by Crippen LogP contribution is 2.26. The molecule has 1 amide bonds. The lowest BCUT2D eigenvalue weighted by molar-refractivity contribution is -0.125. The zero-order valence-electron chi connectivity index (χ0n) is 14.5. The number of hydrogen-bond donors (Lipinski definition) is 3. The van der Waals surface area contributed by atoms with Gasteiger partial charge in [0.15, 0.2) is 0 Å². The first-order chi connectivity index (χ1) is 11.4. The predicted octanol–water partition coefficient (Wildman–Crippen LogP) is 1.87. The van der Waals surface area contributed by atoms with Crippen molar-refractivity contribution in [1.29, 1.82) is 5.41 Å². The summed E-state index contributed by atoms with van der Waals surface area (Å²) in [4.78, 5) is 17.4. The van der Waals surface area contributed by atoms with E-state index in [0.717, 1.165) is 36.5 Å². The third-order valence-electron chi connectivity index (χ3n) is 4.82. The van der Waals surface area contributed by atoms with Gasteiger partial charge in [0.1, 0.15) is 5.65 Å². The van der Waals surface area contributed by atoms with Crippen molar-refractivity contribution < 1.29 is 4.79 Å². The normalized spacial score (nSPS) is 19.4. The topological polar surface area (TPSA) is 82.3 Å². The highest BCUT2D eigenvalue weighted by molar-refractivity contribution is 5.93. The third-order valence-corrected chi connectivity index (χ3v) is 4.82. The maximum absolute atomic E-state index is 12.8. The van der Waals surface area contributed by atoms with Crippen molar-refractivity contribution in [2.75, 3.05) is 13.1 Å². The fourth-order valence-electron chi connectivity index (χ4n) is 3.73. The lowest BCUT2D eigenvalue weighted by Gasteiger charge is -2.29. The molecule has 6 nitrogen and oxygen atoms in total. The van der Waals surface area contributed by atoms with Crippen LogP contribution >= 0.6 is 0 Å². The average molecular weight is 327 g/mol. The smallest absolute Gasteiger partial charge is 0.229 e. The number of imidazole rings is 1. The molecule has 1 aliphatic rings. The van der Waals surface area contributed by atoms with E-state index in [-0.39, 0.29) is 11.8 Å². The van der Waals surface area contributed by atoms with Gasteiger partial charge in [0, 0.05) is 12.4 Å². The van der Waals surface area contributed by atoms with E-state index in [1.54, 1.807) is 0 Å². The molecule has 0 unspecified atom stereocenters. The lowest BCUT2D eigenvalue weighted by atomic mass is 9.90. The number of carbonyl (C=O) groups is 1. The van der Waals surface area contributed by atoms with Crippen LogP contribution in [0.3, 0.4) is 0 Å². The van der Waals surface area contributed by atoms with Gasteiger partial charge in [-0.05, 0) is 58.3 Å². The van der Waals surface area contributed by atoms with E-state index < -0.39 is 11.5 Å². The first kappa shape index (κ1) is 16.6. The van der Waals surface area contributed by atoms with Crippen molar-refractivity contribution in [1.82, 2.24) is 20.0 Å². The molecule has 3 heterocycles. The van der Waals surface area contributed by atoms with Gasteiger partial charge in [-0.1, -0.05) is 6.07 Å². The van der Waals surface area contributed by atoms with Gasteiger partial charge < -0.3 is 20.4 Å². The SMILES string of the molecule is Cc1nc2ccccn2c1C(C)(C)NC(=O)[C@@H](C=N)[C@@H]1CCNC1. The molecule has 1 fully saturated rings. The molecule has 24 heavy (non-hydrogen) atoms. The second-order valence-electron chi connectivity index (χ2n) is 7.03. The summed E-state index contributed by atoms with van der Waals surface area (Å²) in [7, 11) is 0. The molecule has 128 valence electrons. The largest absolute Gasteiger partial charge is 0.345 e. The summed E-state index contributed by atoms with van der Waals surface area (Å²) in [6.07, 6.45) is 4.18. The maximum Gasteiger partial charge on any atom is 0.229 e. The molecule has 2 atom stereocenters. The van der Waals surface area contributed by atoms with E-state index in [9.17, 15) is 4.79 Å². The maximum atomic E-state index is 12.8. The zero-order chi connectivity index (χ0) is 17.3. The average Bonchev–Trinajstić information content (AvgIpc) is 3.14. The van der Waals surface area contributed by atoms with E-state index in [4.69, 9.17) is 5.41 Å². The Morgan fingerprint density at radius 3 is 3.00 bits per heavy atom. The molecular weight excluding hydrogens is 302 g/mol. The van der Waals surface area contributed by atoms with Gasteiger partial charge in [-0.15, -0.1) is 0 Å². The minimum Gasteiger partial charge on any atom is -0.345 e. The molecule has 3 N–H and O–H groups in total. The summed E-state index contributed by atoms with van der Waals surface area (Å²) >= 11 is 0. The molecule has 2 aromatic rings. The Balaban J connectivity index is 1.88. The first-order valence-corrected chi connectivity index (χ1v) is 8.41. The van der Waals surface area contributed by atoms with Crippen molar-refractivity contribution in [3.05, 3.63) is 35.8 Å². The van der Waals surface area contributed by atoms with Crippen LogP contribution in [0.15, 0.2) is 24.4 Å². The molecule has 6 heteroatoms. The van der Waals surface area contributed by atoms with Crippen molar-refractivity contribution in [3.8, 4) is 0 Å². The standard InChI is InChI=1S/C18H25N5O/c1-12-16(23-9-5-4-6-15(23)21-12)18(2,3)22-17(24)14(10-19)13-7-8-20-11-13/h4-6,9-10,13-14,19-20H,7-8,11H2,1-3H3,(H,22,24)/t13-,14+/m1/s1. The Kier molecular flexibility index (Phi) is 4.41. The Morgan fingerprint density at radius 1 is 1.54 bits per heavy atom. The van der Waals surface area contributed by atoms with Crippen molar-refractivity contribution >= 4 is 17.8 Å². The van der Waals surface area contributed by atoms with Crippen LogP contribution in [0.1, 0.15) is 31.7 Å². The van der Waals surface area contributed by atoms with Crippen LogP contribution in [0.4, 0.5) is 0 Å². The first-order valence-electron chi connectivity index (χ1n) is 8.41. The predicted molar refractivity (Wildman–Crippen MR) is 94.3 cm³/mol. The molecule has 1 aliphatic heterocycles. The number of carbonyl (C=O) groups excluding carboxylic acids is 1. The van der Waals surface area contributed by atoms with Crippen LogP contribution in [0.2, 0.25) is 0 Å². The quantitative estimate of drug-likeness (QED) is 0.733. The number of pyridine rings is 1. The van der Waals surface area contributed by atoms with Crippen LogP contribution in [0.5, 0.6) is 0 Å². The molecule has 3 rings (SSSR count). The number of aromatic nitrogens is 2. The van der Waals surface area contributed by atoms with Gasteiger partial charge >= 0.3 is 0 Å². The molecule has 0 saturated carbocycles. The molecule has 0 spiro atoms. The molecular formula is C18H25N5O. The second-order valence-corrected chi connectivity index (χ2v) is 7.03. The van der Waals surface area contributed by atoms with E-state index in [1.807, 2.05) is 49.6 Å². The number of nitrogens with one attached hydrogen (secondary N) is 3. The van der Waals surface area contributed by atoms with Crippen molar-refractivity contribution in [3.63, 3.8) is 0 Å². The fourth-order valence-corrected chi connectivity index (χ4v) is 3.73. The molecule has 1 saturated heterocycles. The van der Waals surface area contributed by atoms with Crippen LogP contribution in [0, 0.1) is 24.2 Å². The van der Waals surface area contributed by atoms with E-state index >= 15 is 0 Å². The van der Waals surface area contributed by atoms with Crippen LogP contribution in [0.25, 0.3) is 5.65 Å². The van der Waals surface area contributed by atoms with Gasteiger partial charge in [0.25, 0.3) is 0 Å². The van der Waals surface area contributed by atoms with Crippen LogP contribution in [-0.4, -0.2) is 34.6 Å². The van der Waals surface area contributed by atoms with Crippen molar-refractivity contribution in [2.24, 2.45) is 11.8 Å². The van der Waals surface area contributed by atoms with Crippen LogP contribution < -0.4 is 10.6 Å². The molecule has 0 radical (unpaired) electrons. The molecule has 0 bridgehead atoms. The van der Waals surface area contributed by atoms with Gasteiger partial charge in [-0.3, -0.25) is 4.79 Å². The fraction of sp³-hybridized carbons (Fsp3) is 0.500. The number of fused-ring (bicyclic) bond motifs is 1. The molecule has 2 aromatic heterocycles. The van der Waals surface area contributed by atoms with Crippen LogP contribution in [-0.2, 0) is 10.3 Å². The Morgan fingerprint density at radius 2 is 2.33 bits per heavy atom. The van der Waals surface area contributed by atoms with E-state index in [1.165, 1.54) is 6.21 Å². The number of amides is 1. The minimum atomic E-state index is -0.574. The van der Waals surface area contributed by atoms with Gasteiger partial charge in [-0.25, -0.2) is 4.98 Å². The summed E-state index contributed by atoms with van der Waals surface area (Å²) in [6, 6.07) is 5.87. The third kappa shape index (κ3) is 2.94. The van der Waals surface area contributed by atoms with Gasteiger partial charge in [0.05, 0.1) is 22.8 Å². The number of aryl methyl sites for hydroxylation is 1. The van der Waals surface area contributed by atoms with E-state index in [0.29, 0.717) is 0 Å². The summed E-state index contributed by atoms with van der Waals surface area (Å²) < 4.78 is 2.02. The van der Waals surface area contributed by atoms with E-state index in [2.05, 4.69) is 15.6 Å². The Bertz CT molecular complexity index is 758. The Labute approximate surface area is 142 Å². The van der Waals surface area contributed by atoms with Gasteiger partial charge in [-0.2, -0.15) is 0 Å². The second kappa shape index (κ2) is 6.36. The summed E-state index contributed by atoms with van der Waals surface area (Å²) in [5, 5.41) is 14.1. The summed E-state index contributed by atoms with van der Waals surface area (Å²) in [5.74, 6) is -0.283. The summed E-state index contributed by atoms with van der Waals surface area (Å²) in [6.45, 7) is 7.65. The van der Waals surface area contributed by atoms with Gasteiger partial charge in [0.2, 0.25) is 5.91 Å². The minimum absolute atomic E-state index is 0.0889. The highest BCUT2D eigenvalue weighted by Gasteiger charge is 2.34. The highest BCUT2D eigenvalue weighted by atomic mass is 16.2. The Hall–Kier alpha value is -2.21. The lowest BCUT2D eigenvalue weighted by Crippen LogP contribution is -2.47. The molecule has 0 aliphatic carbocycles. The number of nitrogens with zero attached hydrogens (tertiary/aromatic N) is 2. The number of hydrogen-bond acceptors (Lipinski definition) is 4. The number of rotatable bonds is 5. The zero-order valence-corrected chi connectivity index (χ0v) is 14.5.